The van der Waals surface area contributed by atoms with E-state index in [1.807, 2.05) is 6.07 Å². The van der Waals surface area contributed by atoms with Crippen LogP contribution in [0, 0.1) is 0 Å². The summed E-state index contributed by atoms with van der Waals surface area (Å²) in [5, 5.41) is 0. The lowest BCUT2D eigenvalue weighted by atomic mass is 9.95. The van der Waals surface area contributed by atoms with Gasteiger partial charge < -0.3 is 4.74 Å². The van der Waals surface area contributed by atoms with Crippen LogP contribution in [-0.4, -0.2) is 7.11 Å². The van der Waals surface area contributed by atoms with Crippen molar-refractivity contribution >= 4 is 0 Å². The molecule has 0 aliphatic rings. The smallest absolute Gasteiger partial charge is 0.119 e. The molecule has 14 heavy (non-hydrogen) atoms. The van der Waals surface area contributed by atoms with Crippen molar-refractivity contribution in [1.29, 1.82) is 0 Å². The maximum Gasteiger partial charge on any atom is 0.119 e. The van der Waals surface area contributed by atoms with E-state index in [2.05, 4.69) is 32.0 Å². The Morgan fingerprint density at radius 1 is 1.36 bits per heavy atom. The molecule has 0 spiro atoms. The van der Waals surface area contributed by atoms with Crippen LogP contribution in [0.4, 0.5) is 0 Å². The Morgan fingerprint density at radius 2 is 2.14 bits per heavy atom. The molecule has 1 nitrogen and oxygen atoms in total. The quantitative estimate of drug-likeness (QED) is 0.685. The normalized spacial score (nSPS) is 12.5. The molecule has 1 aromatic rings. The van der Waals surface area contributed by atoms with Gasteiger partial charge in [-0.15, -0.1) is 0 Å². The minimum Gasteiger partial charge on any atom is -0.497 e. The molecule has 1 rings (SSSR count). The maximum atomic E-state index is 5.21. The third-order valence-corrected chi connectivity index (χ3v) is 2.65. The van der Waals surface area contributed by atoms with E-state index in [1.165, 1.54) is 24.8 Å². The molecule has 0 saturated carbocycles. The fourth-order valence-corrected chi connectivity index (χ4v) is 1.63. The molecule has 1 heteroatoms. The van der Waals surface area contributed by atoms with Crippen LogP contribution in [0.25, 0.3) is 0 Å². The van der Waals surface area contributed by atoms with Crippen LogP contribution in [0.2, 0.25) is 0 Å². The van der Waals surface area contributed by atoms with Gasteiger partial charge in [-0.1, -0.05) is 38.8 Å². The molecule has 0 aliphatic carbocycles. The van der Waals surface area contributed by atoms with E-state index in [-0.39, 0.29) is 0 Å². The zero-order valence-electron chi connectivity index (χ0n) is 9.42. The summed E-state index contributed by atoms with van der Waals surface area (Å²) in [4.78, 5) is 0. The maximum absolute atomic E-state index is 5.21. The number of benzene rings is 1. The third kappa shape index (κ3) is 3.06. The minimum atomic E-state index is 0.644. The van der Waals surface area contributed by atoms with Gasteiger partial charge >= 0.3 is 0 Å². The Labute approximate surface area is 87.1 Å². The van der Waals surface area contributed by atoms with Gasteiger partial charge in [-0.3, -0.25) is 0 Å². The van der Waals surface area contributed by atoms with Gasteiger partial charge in [0.2, 0.25) is 0 Å². The van der Waals surface area contributed by atoms with Crippen molar-refractivity contribution in [2.24, 2.45) is 0 Å². The molecule has 1 aromatic carbocycles. The lowest BCUT2D eigenvalue weighted by molar-refractivity contribution is 0.413. The molecule has 78 valence electrons. The summed E-state index contributed by atoms with van der Waals surface area (Å²) >= 11 is 0. The van der Waals surface area contributed by atoms with Gasteiger partial charge in [0.05, 0.1) is 7.11 Å². The highest BCUT2D eigenvalue weighted by Crippen LogP contribution is 2.24. The number of unbranched alkanes of at least 4 members (excludes halogenated alkanes) is 1. The second-order valence-electron chi connectivity index (χ2n) is 3.82. The molecule has 0 N–H and O–H groups in total. The summed E-state index contributed by atoms with van der Waals surface area (Å²) in [7, 11) is 1.72. The number of methoxy groups -OCH3 is 1. The molecule has 1 atom stereocenters. The van der Waals surface area contributed by atoms with Crippen molar-refractivity contribution in [2.45, 2.75) is 39.0 Å². The van der Waals surface area contributed by atoms with E-state index >= 15 is 0 Å². The molecule has 0 saturated heterocycles. The molecule has 0 heterocycles. The highest BCUT2D eigenvalue weighted by molar-refractivity contribution is 5.30. The van der Waals surface area contributed by atoms with Crippen LogP contribution in [0.1, 0.15) is 44.6 Å². The first kappa shape index (κ1) is 11.1. The van der Waals surface area contributed by atoms with Gasteiger partial charge in [-0.05, 0) is 30.0 Å². The van der Waals surface area contributed by atoms with Crippen LogP contribution in [0.5, 0.6) is 5.75 Å². The lowest BCUT2D eigenvalue weighted by Gasteiger charge is -2.12. The number of rotatable bonds is 5. The Balaban J connectivity index is 2.64. The molecule has 0 bridgehead atoms. The predicted molar refractivity (Wildman–Crippen MR) is 60.9 cm³/mol. The summed E-state index contributed by atoms with van der Waals surface area (Å²) in [6.07, 6.45) is 3.84. The van der Waals surface area contributed by atoms with Crippen LogP contribution in [-0.2, 0) is 0 Å². The predicted octanol–water partition coefficient (Wildman–Crippen LogP) is 3.99. The Hall–Kier alpha value is -0.980. The van der Waals surface area contributed by atoms with Gasteiger partial charge in [-0.2, -0.15) is 0 Å². The fraction of sp³-hybridized carbons (Fsp3) is 0.538. The lowest BCUT2D eigenvalue weighted by Crippen LogP contribution is -1.94. The van der Waals surface area contributed by atoms with Crippen LogP contribution in [0.15, 0.2) is 24.3 Å². The summed E-state index contributed by atoms with van der Waals surface area (Å²) in [6.45, 7) is 4.52. The fourth-order valence-electron chi connectivity index (χ4n) is 1.63. The van der Waals surface area contributed by atoms with E-state index < -0.39 is 0 Å². The van der Waals surface area contributed by atoms with Gasteiger partial charge in [0.1, 0.15) is 5.75 Å². The van der Waals surface area contributed by atoms with E-state index in [0.717, 1.165) is 5.75 Å². The molecule has 0 aromatic heterocycles. The average Bonchev–Trinajstić information content (AvgIpc) is 2.26. The van der Waals surface area contributed by atoms with Gasteiger partial charge in [0.25, 0.3) is 0 Å². The molecule has 1 unspecified atom stereocenters. The number of hydrogen-bond acceptors (Lipinski definition) is 1. The van der Waals surface area contributed by atoms with Gasteiger partial charge in [0, 0.05) is 0 Å². The molecule has 0 fully saturated rings. The van der Waals surface area contributed by atoms with Gasteiger partial charge in [-0.25, -0.2) is 0 Å². The van der Waals surface area contributed by atoms with Crippen molar-refractivity contribution < 1.29 is 4.74 Å². The molecule has 0 amide bonds. The average molecular weight is 192 g/mol. The van der Waals surface area contributed by atoms with E-state index in [9.17, 15) is 0 Å². The number of hydrogen-bond donors (Lipinski definition) is 0. The van der Waals surface area contributed by atoms with Crippen LogP contribution in [0.3, 0.4) is 0 Å². The summed E-state index contributed by atoms with van der Waals surface area (Å²) in [5.41, 5.74) is 1.39. The first-order valence-electron chi connectivity index (χ1n) is 5.42. The second kappa shape index (κ2) is 5.69. The first-order valence-corrected chi connectivity index (χ1v) is 5.42. The van der Waals surface area contributed by atoms with Crippen molar-refractivity contribution in [3.63, 3.8) is 0 Å². The van der Waals surface area contributed by atoms with Crippen molar-refractivity contribution in [2.75, 3.05) is 7.11 Å². The monoisotopic (exact) mass is 192 g/mol. The van der Waals surface area contributed by atoms with E-state index in [0.29, 0.717) is 5.92 Å². The Bertz CT molecular complexity index is 268. The molecule has 0 radical (unpaired) electrons. The topological polar surface area (TPSA) is 9.23 Å². The highest BCUT2D eigenvalue weighted by atomic mass is 16.5. The molecular weight excluding hydrogens is 172 g/mol. The molecular formula is C13H20O. The van der Waals surface area contributed by atoms with Gasteiger partial charge in [0.15, 0.2) is 0 Å². The van der Waals surface area contributed by atoms with Crippen molar-refractivity contribution in [3.8, 4) is 5.75 Å². The van der Waals surface area contributed by atoms with Crippen molar-refractivity contribution in [1.82, 2.24) is 0 Å². The summed E-state index contributed by atoms with van der Waals surface area (Å²) < 4.78 is 5.21. The second-order valence-corrected chi connectivity index (χ2v) is 3.82. The van der Waals surface area contributed by atoms with Crippen LogP contribution < -0.4 is 4.74 Å². The zero-order chi connectivity index (χ0) is 10.4. The SMILES string of the molecule is CCCCC(C)c1cccc(OC)c1. The van der Waals surface area contributed by atoms with Crippen LogP contribution >= 0.6 is 0 Å². The highest BCUT2D eigenvalue weighted by Gasteiger charge is 2.05. The summed E-state index contributed by atoms with van der Waals surface area (Å²) in [5.74, 6) is 1.61. The largest absolute Gasteiger partial charge is 0.497 e. The number of ether oxygens (including phenoxy) is 1. The third-order valence-electron chi connectivity index (χ3n) is 2.65. The Morgan fingerprint density at radius 3 is 2.79 bits per heavy atom. The standard InChI is InChI=1S/C13H20O/c1-4-5-7-11(2)12-8-6-9-13(10-12)14-3/h6,8-11H,4-5,7H2,1-3H3. The van der Waals surface area contributed by atoms with E-state index in [1.54, 1.807) is 7.11 Å². The Kier molecular flexibility index (Phi) is 4.51. The van der Waals surface area contributed by atoms with E-state index in [4.69, 9.17) is 4.74 Å². The zero-order valence-corrected chi connectivity index (χ0v) is 9.42. The van der Waals surface area contributed by atoms with Crippen molar-refractivity contribution in [3.05, 3.63) is 29.8 Å². The summed E-state index contributed by atoms with van der Waals surface area (Å²) in [6, 6.07) is 8.38. The minimum absolute atomic E-state index is 0.644. The molecule has 0 aliphatic heterocycles. The first-order chi connectivity index (χ1) is 6.77.